The molecule has 5 heterocycles. The highest BCUT2D eigenvalue weighted by atomic mass is 31.1. The van der Waals surface area contributed by atoms with Crippen LogP contribution in [0.15, 0.2) is 181 Å². The van der Waals surface area contributed by atoms with Crippen LogP contribution in [-0.2, 0) is 0 Å². The Balaban J connectivity index is -0.000000318. The minimum Gasteiger partial charge on any atom is -0.369 e. The van der Waals surface area contributed by atoms with Crippen LogP contribution in [0.3, 0.4) is 0 Å². The Bertz CT molecular complexity index is 2460. The highest BCUT2D eigenvalue weighted by Crippen LogP contribution is 2.32. The van der Waals surface area contributed by atoms with Gasteiger partial charge in [-0.2, -0.15) is 0 Å². The van der Waals surface area contributed by atoms with Gasteiger partial charge >= 0.3 is 13.0 Å². The second-order valence-electron chi connectivity index (χ2n) is 16.8. The summed E-state index contributed by atoms with van der Waals surface area (Å²) in [4.78, 5) is 0. The molecule has 0 aliphatic carbocycles. The molecule has 0 bridgehead atoms. The molecule has 0 spiro atoms. The molecule has 9 rings (SSSR count). The molecule has 85 heavy (non-hydrogen) atoms. The van der Waals surface area contributed by atoms with Crippen molar-refractivity contribution in [3.05, 3.63) is 171 Å². The molecule has 0 atom stereocenters. The van der Waals surface area contributed by atoms with E-state index in [2.05, 4.69) is 181 Å². The summed E-state index contributed by atoms with van der Waals surface area (Å²) in [5.74, 6) is 0. The third-order valence-electron chi connectivity index (χ3n) is 11.3. The van der Waals surface area contributed by atoms with Crippen molar-refractivity contribution in [2.75, 3.05) is 65.6 Å². The third kappa shape index (κ3) is 29.5. The summed E-state index contributed by atoms with van der Waals surface area (Å²) in [7, 11) is 0.901. The van der Waals surface area contributed by atoms with E-state index in [0.717, 1.165) is 18.3 Å². The lowest BCUT2D eigenvalue weighted by atomic mass is 9.37. The van der Waals surface area contributed by atoms with Gasteiger partial charge in [0.2, 0.25) is 0 Å². The number of hydrazone groups is 2. The largest absolute Gasteiger partial charge is 0.567 e. The van der Waals surface area contributed by atoms with Crippen molar-refractivity contribution >= 4 is 96.5 Å². The first-order valence-corrected chi connectivity index (χ1v) is 41.4. The van der Waals surface area contributed by atoms with Crippen LogP contribution in [0.25, 0.3) is 0 Å². The smallest absolute Gasteiger partial charge is 0.369 e. The van der Waals surface area contributed by atoms with Crippen LogP contribution in [0, 0.1) is 0 Å². The number of hydrogen-bond acceptors (Lipinski definition) is 5. The van der Waals surface area contributed by atoms with Gasteiger partial charge in [0.15, 0.2) is 0 Å². The number of nitrogens with zero attached hydrogens (tertiary/aromatic N) is 10. The predicted molar refractivity (Wildman–Crippen MR) is 405 cm³/mol. The van der Waals surface area contributed by atoms with Crippen LogP contribution in [0.5, 0.6) is 0 Å². The van der Waals surface area contributed by atoms with E-state index < -0.39 is 13.0 Å². The molecule has 476 valence electrons. The van der Waals surface area contributed by atoms with E-state index >= 15 is 0 Å². The van der Waals surface area contributed by atoms with Crippen LogP contribution in [0.1, 0.15) is 151 Å². The summed E-state index contributed by atoms with van der Waals surface area (Å²) in [6.07, 6.45) is 22.4. The molecular formula is C69H124B2N10P4. The van der Waals surface area contributed by atoms with E-state index in [1.165, 1.54) is 23.2 Å². The van der Waals surface area contributed by atoms with Crippen molar-refractivity contribution in [1.82, 2.24) is 29.1 Å². The lowest BCUT2D eigenvalue weighted by Crippen LogP contribution is -2.70. The number of rotatable bonds is 13. The number of benzene rings is 4. The molecule has 16 heteroatoms. The Kier molecular flexibility index (Phi) is 62.0. The van der Waals surface area contributed by atoms with Gasteiger partial charge in [-0.3, -0.25) is 9.19 Å². The zero-order valence-electron chi connectivity index (χ0n) is 59.2. The minimum absolute atomic E-state index is 0.0674. The van der Waals surface area contributed by atoms with E-state index in [1.807, 2.05) is 243 Å². The highest BCUT2D eigenvalue weighted by molar-refractivity contribution is 7.70. The Hall–Kier alpha value is -4.96. The molecule has 3 aromatic heterocycles. The summed E-state index contributed by atoms with van der Waals surface area (Å²) < 4.78 is 9.93. The normalized spacial score (nSPS) is 10.8. The average Bonchev–Trinajstić information content (AvgIpc) is 2.10. The van der Waals surface area contributed by atoms with Gasteiger partial charge in [-0.1, -0.05) is 285 Å². The number of aromatic nitrogens is 6. The first-order valence-electron chi connectivity index (χ1n) is 32.1. The first kappa shape index (κ1) is 88.8. The fraction of sp³-hybridized carbons (Fsp3) is 0.464. The van der Waals surface area contributed by atoms with Crippen molar-refractivity contribution in [3.8, 4) is 0 Å². The molecule has 7 aromatic rings. The molecule has 0 saturated heterocycles. The molecule has 0 amide bonds. The predicted octanol–water partition coefficient (Wildman–Crippen LogP) is 17.4. The molecule has 0 radical (unpaired) electrons. The summed E-state index contributed by atoms with van der Waals surface area (Å²) in [6, 6.07) is 45.8. The van der Waals surface area contributed by atoms with Crippen LogP contribution in [0.2, 0.25) is 0 Å². The van der Waals surface area contributed by atoms with Gasteiger partial charge in [0.25, 0.3) is 0 Å². The maximum Gasteiger partial charge on any atom is 0.567 e. The van der Waals surface area contributed by atoms with Crippen LogP contribution in [-0.4, -0.2) is 142 Å². The SMILES string of the molecule is C1=N[N+]([B-](c2ccccc2)(c2ccccc2)n2cccn2)=CC1.C1=N[N+]([B-](c2ccccc2)(n2cccn2)n2cccn2)=CC1.CC.CC.CC.CC.CC.CC.CC.CC.CC.CC.CP(C)CCP(C)C.CP(C)c1ccccc1P(C)C. The van der Waals surface area contributed by atoms with E-state index in [1.54, 1.807) is 23.0 Å². The van der Waals surface area contributed by atoms with Gasteiger partial charge in [0.05, 0.1) is 25.3 Å². The van der Waals surface area contributed by atoms with Crippen LogP contribution in [0.4, 0.5) is 0 Å². The van der Waals surface area contributed by atoms with E-state index in [9.17, 15) is 0 Å². The lowest BCUT2D eigenvalue weighted by Gasteiger charge is -2.34. The maximum atomic E-state index is 4.64. The Morgan fingerprint density at radius 1 is 0.353 bits per heavy atom. The minimum atomic E-state index is -1.65. The summed E-state index contributed by atoms with van der Waals surface area (Å²) in [6.45, 7) is 57.1. The van der Waals surface area contributed by atoms with Gasteiger partial charge in [0.1, 0.15) is 12.4 Å². The van der Waals surface area contributed by atoms with Crippen molar-refractivity contribution in [2.24, 2.45) is 10.2 Å². The monoisotopic (exact) mass is 1240 g/mol. The van der Waals surface area contributed by atoms with E-state index in [-0.39, 0.29) is 15.8 Å². The summed E-state index contributed by atoms with van der Waals surface area (Å²) in [5, 5.41) is 26.0. The standard InChI is InChI=1S/C18H17BN4.C15H15BN6.C10H16P2.C6H16P2.10C2H6/c1-3-9-17(10-4-1)19(22-15-7-13-20-22,23-16-8-14-21-23)18-11-5-2-6-12-18;1-2-7-15(8-3-1)16(20-12-4-9-17-20,21-13-5-10-18-21)22-14-6-11-19-22;1-11(2)9-7-5-6-8-10(9)12(3)4;1-7(2)5-6-8(3)4;10*1-2/h1-7,9-16H,8H2;1-5,7-14H,6H2;5-8H,1-4H3;5-6H2,1-4H3;10*1-2H3. The van der Waals surface area contributed by atoms with Crippen molar-refractivity contribution in [2.45, 2.75) is 151 Å². The molecule has 0 fully saturated rings. The van der Waals surface area contributed by atoms with Gasteiger partial charge in [-0.05, 0) is 113 Å². The molecule has 10 nitrogen and oxygen atoms in total. The molecule has 0 saturated carbocycles. The average molecular weight is 1240 g/mol. The molecular weight excluding hydrogens is 1110 g/mol. The van der Waals surface area contributed by atoms with Crippen molar-refractivity contribution in [1.29, 1.82) is 0 Å². The van der Waals surface area contributed by atoms with Crippen molar-refractivity contribution in [3.63, 3.8) is 0 Å². The topological polar surface area (TPSA) is 84.2 Å². The van der Waals surface area contributed by atoms with Crippen LogP contribution >= 0.6 is 31.7 Å². The summed E-state index contributed by atoms with van der Waals surface area (Å²) in [5.41, 5.74) is 3.45. The highest BCUT2D eigenvalue weighted by Gasteiger charge is 2.50. The third-order valence-corrected chi connectivity index (χ3v) is 16.8. The second-order valence-corrected chi connectivity index (χ2v) is 26.5. The fourth-order valence-electron chi connectivity index (χ4n) is 8.19. The van der Waals surface area contributed by atoms with Crippen LogP contribution < -0.4 is 27.0 Å². The molecule has 0 N–H and O–H groups in total. The quantitative estimate of drug-likeness (QED) is 0.0852. The molecule has 2 aliphatic heterocycles. The molecule has 4 aromatic carbocycles. The molecule has 2 aliphatic rings. The first-order chi connectivity index (χ1) is 41.6. The number of hydrogen-bond donors (Lipinski definition) is 0. The Morgan fingerprint density at radius 3 is 0.894 bits per heavy atom. The zero-order chi connectivity index (χ0) is 66.1. The van der Waals surface area contributed by atoms with Gasteiger partial charge < -0.3 is 13.8 Å². The van der Waals surface area contributed by atoms with Gasteiger partial charge in [-0.15, -0.1) is 26.8 Å². The fourth-order valence-corrected chi connectivity index (χ4v) is 14.4. The molecule has 0 unspecified atom stereocenters. The Morgan fingerprint density at radius 2 is 0.635 bits per heavy atom. The Labute approximate surface area is 529 Å². The van der Waals surface area contributed by atoms with Gasteiger partial charge in [0, 0.05) is 18.6 Å². The second kappa shape index (κ2) is 59.4. The zero-order valence-corrected chi connectivity index (χ0v) is 62.8. The summed E-state index contributed by atoms with van der Waals surface area (Å²) >= 11 is 0. The van der Waals surface area contributed by atoms with Gasteiger partial charge in [-0.25, -0.2) is 15.3 Å². The lowest BCUT2D eigenvalue weighted by molar-refractivity contribution is -0.401. The van der Waals surface area contributed by atoms with Crippen molar-refractivity contribution < 1.29 is 9.19 Å². The van der Waals surface area contributed by atoms with E-state index in [4.69, 9.17) is 0 Å². The maximum absolute atomic E-state index is 4.64. The van der Waals surface area contributed by atoms with E-state index in [0.29, 0.717) is 15.8 Å².